The van der Waals surface area contributed by atoms with Crippen molar-refractivity contribution in [3.8, 4) is 5.69 Å². The molecule has 0 aliphatic heterocycles. The van der Waals surface area contributed by atoms with E-state index in [9.17, 15) is 13.9 Å². The van der Waals surface area contributed by atoms with Crippen LogP contribution in [0.2, 0.25) is 0 Å². The van der Waals surface area contributed by atoms with E-state index in [1.54, 1.807) is 6.20 Å². The molecule has 3 rings (SSSR count). The molecule has 124 valence electrons. The predicted molar refractivity (Wildman–Crippen MR) is 90.3 cm³/mol. The average Bonchev–Trinajstić information content (AvgIpc) is 3.01. The molecule has 3 aromatic rings. The zero-order valence-electron chi connectivity index (χ0n) is 13.0. The van der Waals surface area contributed by atoms with E-state index in [-0.39, 0.29) is 11.3 Å². The first-order valence-electron chi connectivity index (χ1n) is 7.41. The summed E-state index contributed by atoms with van der Waals surface area (Å²) < 4.78 is 28.6. The van der Waals surface area contributed by atoms with Gasteiger partial charge in [0.25, 0.3) is 0 Å². The number of imidazole rings is 1. The molecule has 0 aliphatic rings. The van der Waals surface area contributed by atoms with Crippen molar-refractivity contribution < 1.29 is 13.9 Å². The van der Waals surface area contributed by atoms with E-state index in [1.165, 1.54) is 17.8 Å². The van der Waals surface area contributed by atoms with Crippen molar-refractivity contribution in [3.05, 3.63) is 77.6 Å². The normalized spacial score (nSPS) is 12.3. The molecule has 1 heterocycles. The van der Waals surface area contributed by atoms with Crippen molar-refractivity contribution in [1.82, 2.24) is 9.55 Å². The number of aliphatic hydroxyl groups is 1. The Morgan fingerprint density at radius 1 is 1.21 bits per heavy atom. The standard InChI is InChI=1S/C18H16F2N2OS/c1-12-3-2-4-14(9-12)22-8-7-21-18(22)24-11-17(23)15-6-5-13(19)10-16(15)20/h2-10,17,23H,11H2,1H3. The summed E-state index contributed by atoms with van der Waals surface area (Å²) in [4.78, 5) is 4.29. The molecule has 0 radical (unpaired) electrons. The summed E-state index contributed by atoms with van der Waals surface area (Å²) in [6.45, 7) is 2.01. The van der Waals surface area contributed by atoms with E-state index in [2.05, 4.69) is 4.98 Å². The minimum absolute atomic E-state index is 0.0811. The third kappa shape index (κ3) is 3.66. The molecule has 2 aromatic carbocycles. The Hall–Kier alpha value is -2.18. The molecule has 0 amide bonds. The zero-order chi connectivity index (χ0) is 17.1. The van der Waals surface area contributed by atoms with Gasteiger partial charge in [-0.25, -0.2) is 13.8 Å². The highest BCUT2D eigenvalue weighted by molar-refractivity contribution is 7.99. The number of thioether (sulfide) groups is 1. The Morgan fingerprint density at radius 3 is 2.79 bits per heavy atom. The van der Waals surface area contributed by atoms with Crippen LogP contribution in [0.25, 0.3) is 5.69 Å². The molecule has 1 N–H and O–H groups in total. The number of aliphatic hydroxyl groups excluding tert-OH is 1. The number of halogens is 2. The monoisotopic (exact) mass is 346 g/mol. The van der Waals surface area contributed by atoms with Crippen molar-refractivity contribution in [1.29, 1.82) is 0 Å². The number of hydrogen-bond acceptors (Lipinski definition) is 3. The SMILES string of the molecule is Cc1cccc(-n2ccnc2SCC(O)c2ccc(F)cc2F)c1. The molecule has 1 aromatic heterocycles. The van der Waals surface area contributed by atoms with Gasteiger partial charge in [-0.15, -0.1) is 0 Å². The minimum Gasteiger partial charge on any atom is -0.387 e. The predicted octanol–water partition coefficient (Wildman–Crippen LogP) is 4.28. The van der Waals surface area contributed by atoms with Crippen molar-refractivity contribution in [2.24, 2.45) is 0 Å². The van der Waals surface area contributed by atoms with Crippen LogP contribution in [0.5, 0.6) is 0 Å². The van der Waals surface area contributed by atoms with Crippen LogP contribution in [0.15, 0.2) is 60.0 Å². The van der Waals surface area contributed by atoms with Gasteiger partial charge in [0.05, 0.1) is 6.10 Å². The quantitative estimate of drug-likeness (QED) is 0.701. The van der Waals surface area contributed by atoms with E-state index in [0.29, 0.717) is 5.16 Å². The summed E-state index contributed by atoms with van der Waals surface area (Å²) >= 11 is 1.31. The second kappa shape index (κ2) is 7.15. The van der Waals surface area contributed by atoms with Crippen LogP contribution < -0.4 is 0 Å². The molecule has 0 spiro atoms. The van der Waals surface area contributed by atoms with E-state index in [4.69, 9.17) is 0 Å². The second-order valence-electron chi connectivity index (χ2n) is 5.41. The number of aromatic nitrogens is 2. The first-order chi connectivity index (χ1) is 11.5. The van der Waals surface area contributed by atoms with Crippen LogP contribution in [-0.2, 0) is 0 Å². The molecule has 0 fully saturated rings. The van der Waals surface area contributed by atoms with Gasteiger partial charge in [-0.1, -0.05) is 30.0 Å². The van der Waals surface area contributed by atoms with Crippen LogP contribution >= 0.6 is 11.8 Å². The average molecular weight is 346 g/mol. The van der Waals surface area contributed by atoms with Crippen LogP contribution in [0, 0.1) is 18.6 Å². The maximum atomic E-state index is 13.7. The molecule has 0 aliphatic carbocycles. The van der Waals surface area contributed by atoms with Crippen molar-refractivity contribution in [2.75, 3.05) is 5.75 Å². The number of hydrogen-bond donors (Lipinski definition) is 1. The molecular weight excluding hydrogens is 330 g/mol. The summed E-state index contributed by atoms with van der Waals surface area (Å²) in [6, 6.07) is 11.1. The second-order valence-corrected chi connectivity index (χ2v) is 6.40. The zero-order valence-corrected chi connectivity index (χ0v) is 13.8. The maximum absolute atomic E-state index is 13.7. The van der Waals surface area contributed by atoms with E-state index in [0.717, 1.165) is 23.4 Å². The molecule has 24 heavy (non-hydrogen) atoms. The third-order valence-electron chi connectivity index (χ3n) is 3.58. The van der Waals surface area contributed by atoms with E-state index >= 15 is 0 Å². The highest BCUT2D eigenvalue weighted by Gasteiger charge is 2.15. The molecule has 3 nitrogen and oxygen atoms in total. The van der Waals surface area contributed by atoms with Gasteiger partial charge in [-0.3, -0.25) is 4.57 Å². The van der Waals surface area contributed by atoms with Gasteiger partial charge in [0, 0.05) is 35.5 Å². The number of aryl methyl sites for hydroxylation is 1. The maximum Gasteiger partial charge on any atom is 0.172 e. The van der Waals surface area contributed by atoms with E-state index in [1.807, 2.05) is 42.0 Å². The molecule has 6 heteroatoms. The van der Waals surface area contributed by atoms with Gasteiger partial charge < -0.3 is 5.11 Å². The van der Waals surface area contributed by atoms with Gasteiger partial charge >= 0.3 is 0 Å². The van der Waals surface area contributed by atoms with Crippen molar-refractivity contribution in [3.63, 3.8) is 0 Å². The molecule has 1 unspecified atom stereocenters. The summed E-state index contributed by atoms with van der Waals surface area (Å²) in [6.07, 6.45) is 2.47. The lowest BCUT2D eigenvalue weighted by atomic mass is 10.1. The fraction of sp³-hybridized carbons (Fsp3) is 0.167. The Balaban J connectivity index is 1.75. The molecule has 0 bridgehead atoms. The smallest absolute Gasteiger partial charge is 0.172 e. The summed E-state index contributed by atoms with van der Waals surface area (Å²) in [7, 11) is 0. The molecule has 0 saturated carbocycles. The highest BCUT2D eigenvalue weighted by atomic mass is 32.2. The molecule has 0 saturated heterocycles. The molecule has 1 atom stereocenters. The van der Waals surface area contributed by atoms with Gasteiger partial charge in [-0.2, -0.15) is 0 Å². The molecular formula is C18H16F2N2OS. The summed E-state index contributed by atoms with van der Waals surface area (Å²) in [5, 5.41) is 10.9. The fourth-order valence-electron chi connectivity index (χ4n) is 2.39. The van der Waals surface area contributed by atoms with Gasteiger partial charge in [-0.05, 0) is 30.7 Å². The van der Waals surface area contributed by atoms with Crippen LogP contribution in [0.3, 0.4) is 0 Å². The largest absolute Gasteiger partial charge is 0.387 e. The van der Waals surface area contributed by atoms with Gasteiger partial charge in [0.2, 0.25) is 0 Å². The Bertz CT molecular complexity index is 851. The van der Waals surface area contributed by atoms with Crippen molar-refractivity contribution >= 4 is 11.8 Å². The first-order valence-corrected chi connectivity index (χ1v) is 8.39. The van der Waals surface area contributed by atoms with Gasteiger partial charge in [0.1, 0.15) is 11.6 Å². The lowest BCUT2D eigenvalue weighted by Crippen LogP contribution is -2.05. The fourth-order valence-corrected chi connectivity index (χ4v) is 3.31. The number of benzene rings is 2. The topological polar surface area (TPSA) is 38.0 Å². The first kappa shape index (κ1) is 16.7. The Labute approximate surface area is 143 Å². The third-order valence-corrected chi connectivity index (χ3v) is 4.62. The minimum atomic E-state index is -1.04. The van der Waals surface area contributed by atoms with Crippen molar-refractivity contribution in [2.45, 2.75) is 18.2 Å². The number of nitrogens with zero attached hydrogens (tertiary/aromatic N) is 2. The summed E-state index contributed by atoms with van der Waals surface area (Å²) in [5.41, 5.74) is 2.18. The Kier molecular flexibility index (Phi) is 4.97. The van der Waals surface area contributed by atoms with Gasteiger partial charge in [0.15, 0.2) is 5.16 Å². The van der Waals surface area contributed by atoms with Crippen LogP contribution in [0.1, 0.15) is 17.2 Å². The number of rotatable bonds is 5. The van der Waals surface area contributed by atoms with Crippen LogP contribution in [-0.4, -0.2) is 20.4 Å². The lowest BCUT2D eigenvalue weighted by Gasteiger charge is -2.13. The van der Waals surface area contributed by atoms with Crippen LogP contribution in [0.4, 0.5) is 8.78 Å². The summed E-state index contributed by atoms with van der Waals surface area (Å²) in [5.74, 6) is -1.19. The van der Waals surface area contributed by atoms with E-state index < -0.39 is 17.7 Å². The lowest BCUT2D eigenvalue weighted by molar-refractivity contribution is 0.198. The Morgan fingerprint density at radius 2 is 2.04 bits per heavy atom. The highest BCUT2D eigenvalue weighted by Crippen LogP contribution is 2.27.